The number of nitrogens with zero attached hydrogens (tertiary/aromatic N) is 5. The average Bonchev–Trinajstić information content (AvgIpc) is 3.10. The number of carbonyl (C=O) groups excluding carboxylic acids is 1. The molecule has 0 bridgehead atoms. The van der Waals surface area contributed by atoms with Crippen LogP contribution in [-0.2, 0) is 11.2 Å². The summed E-state index contributed by atoms with van der Waals surface area (Å²) in [6.45, 7) is 5.66. The van der Waals surface area contributed by atoms with E-state index in [9.17, 15) is 4.79 Å². The van der Waals surface area contributed by atoms with Crippen LogP contribution in [0.5, 0.6) is 0 Å². The molecule has 1 N–H and O–H groups in total. The van der Waals surface area contributed by atoms with Crippen LogP contribution in [0.1, 0.15) is 50.7 Å². The molecule has 3 rings (SSSR count). The largest absolute Gasteiger partial charge is 0.352 e. The molecule has 8 heteroatoms. The van der Waals surface area contributed by atoms with Crippen molar-refractivity contribution in [2.75, 3.05) is 18.0 Å². The number of piperidine rings is 1. The van der Waals surface area contributed by atoms with Crippen molar-refractivity contribution in [2.45, 2.75) is 51.5 Å². The number of aromatic nitrogens is 4. The van der Waals surface area contributed by atoms with Gasteiger partial charge < -0.3 is 14.7 Å². The number of carbonyl (C=O) groups is 1. The van der Waals surface area contributed by atoms with E-state index >= 15 is 0 Å². The summed E-state index contributed by atoms with van der Waals surface area (Å²) in [5.41, 5.74) is 0. The lowest BCUT2D eigenvalue weighted by Crippen LogP contribution is -2.48. The molecule has 1 fully saturated rings. The van der Waals surface area contributed by atoms with Gasteiger partial charge in [-0.05, 0) is 18.9 Å². The summed E-state index contributed by atoms with van der Waals surface area (Å²) in [6.07, 6.45) is 6.25. The van der Waals surface area contributed by atoms with Crippen LogP contribution >= 0.6 is 0 Å². The Balaban J connectivity index is 1.47. The zero-order chi connectivity index (χ0) is 17.6. The molecule has 2 aromatic heterocycles. The fraction of sp³-hybridized carbons (Fsp3) is 0.588. The van der Waals surface area contributed by atoms with E-state index in [2.05, 4.69) is 30.3 Å². The minimum Gasteiger partial charge on any atom is -0.352 e. The van der Waals surface area contributed by atoms with E-state index in [1.807, 2.05) is 13.8 Å². The third-order valence-corrected chi connectivity index (χ3v) is 4.19. The molecule has 0 spiro atoms. The number of amides is 1. The van der Waals surface area contributed by atoms with Crippen LogP contribution in [0.2, 0.25) is 0 Å². The zero-order valence-corrected chi connectivity index (χ0v) is 14.7. The quantitative estimate of drug-likeness (QED) is 0.852. The van der Waals surface area contributed by atoms with Crippen molar-refractivity contribution in [2.24, 2.45) is 0 Å². The van der Waals surface area contributed by atoms with Gasteiger partial charge >= 0.3 is 0 Å². The highest BCUT2D eigenvalue weighted by atomic mass is 16.5. The smallest absolute Gasteiger partial charge is 0.227 e. The third-order valence-electron chi connectivity index (χ3n) is 4.19. The second-order valence-electron chi connectivity index (χ2n) is 6.60. The molecular formula is C17H24N6O2. The maximum atomic E-state index is 12.2. The average molecular weight is 344 g/mol. The SMILES string of the molecule is CC(C)c1noc(CCC(=O)NC2CCCN(c3ncccn3)C2)n1. The van der Waals surface area contributed by atoms with E-state index in [1.165, 1.54) is 0 Å². The van der Waals surface area contributed by atoms with Crippen molar-refractivity contribution in [1.82, 2.24) is 25.4 Å². The minimum absolute atomic E-state index is 0.00475. The van der Waals surface area contributed by atoms with Crippen LogP contribution in [0.4, 0.5) is 5.95 Å². The van der Waals surface area contributed by atoms with E-state index in [0.29, 0.717) is 30.5 Å². The van der Waals surface area contributed by atoms with Gasteiger partial charge in [-0.25, -0.2) is 9.97 Å². The summed E-state index contributed by atoms with van der Waals surface area (Å²) in [5.74, 6) is 2.14. The van der Waals surface area contributed by atoms with Crippen molar-refractivity contribution in [1.29, 1.82) is 0 Å². The molecule has 1 amide bonds. The Morgan fingerprint density at radius 3 is 2.92 bits per heavy atom. The Kier molecular flexibility index (Phi) is 5.57. The van der Waals surface area contributed by atoms with Crippen LogP contribution in [0.3, 0.4) is 0 Å². The first kappa shape index (κ1) is 17.3. The van der Waals surface area contributed by atoms with Gasteiger partial charge in [-0.2, -0.15) is 4.98 Å². The Morgan fingerprint density at radius 2 is 2.20 bits per heavy atom. The van der Waals surface area contributed by atoms with Gasteiger partial charge in [-0.3, -0.25) is 4.79 Å². The van der Waals surface area contributed by atoms with Gasteiger partial charge in [0.05, 0.1) is 0 Å². The van der Waals surface area contributed by atoms with Crippen molar-refractivity contribution >= 4 is 11.9 Å². The van der Waals surface area contributed by atoms with E-state index in [4.69, 9.17) is 4.52 Å². The Hall–Kier alpha value is -2.51. The maximum Gasteiger partial charge on any atom is 0.227 e. The normalized spacial score (nSPS) is 17.7. The minimum atomic E-state index is 0.00475. The first-order valence-electron chi connectivity index (χ1n) is 8.75. The fourth-order valence-corrected chi connectivity index (χ4v) is 2.86. The molecule has 25 heavy (non-hydrogen) atoms. The van der Waals surface area contributed by atoms with Gasteiger partial charge in [0, 0.05) is 50.3 Å². The molecule has 3 heterocycles. The van der Waals surface area contributed by atoms with Crippen LogP contribution in [0, 0.1) is 0 Å². The predicted octanol–water partition coefficient (Wildman–Crippen LogP) is 1.70. The molecule has 134 valence electrons. The number of hydrogen-bond acceptors (Lipinski definition) is 7. The summed E-state index contributed by atoms with van der Waals surface area (Å²) in [6, 6.07) is 1.91. The van der Waals surface area contributed by atoms with E-state index < -0.39 is 0 Å². The summed E-state index contributed by atoms with van der Waals surface area (Å²) >= 11 is 0. The van der Waals surface area contributed by atoms with E-state index in [-0.39, 0.29) is 17.9 Å². The second-order valence-corrected chi connectivity index (χ2v) is 6.60. The molecule has 0 aromatic carbocycles. The van der Waals surface area contributed by atoms with Crippen LogP contribution in [-0.4, -0.2) is 45.1 Å². The monoisotopic (exact) mass is 344 g/mol. The molecule has 1 unspecified atom stereocenters. The van der Waals surface area contributed by atoms with Gasteiger partial charge in [-0.15, -0.1) is 0 Å². The Morgan fingerprint density at radius 1 is 1.40 bits per heavy atom. The molecule has 1 atom stereocenters. The summed E-state index contributed by atoms with van der Waals surface area (Å²) in [4.78, 5) is 27.2. The van der Waals surface area contributed by atoms with E-state index in [0.717, 1.165) is 25.9 Å². The number of aryl methyl sites for hydroxylation is 1. The molecule has 1 aliphatic rings. The second kappa shape index (κ2) is 8.04. The molecule has 8 nitrogen and oxygen atoms in total. The van der Waals surface area contributed by atoms with Gasteiger partial charge in [0.15, 0.2) is 5.82 Å². The van der Waals surface area contributed by atoms with Crippen LogP contribution < -0.4 is 10.2 Å². The fourth-order valence-electron chi connectivity index (χ4n) is 2.86. The highest BCUT2D eigenvalue weighted by Gasteiger charge is 2.23. The molecule has 2 aromatic rings. The van der Waals surface area contributed by atoms with Crippen molar-refractivity contribution < 1.29 is 9.32 Å². The van der Waals surface area contributed by atoms with Gasteiger partial charge in [0.2, 0.25) is 17.7 Å². The molecular weight excluding hydrogens is 320 g/mol. The van der Waals surface area contributed by atoms with Crippen molar-refractivity contribution in [3.8, 4) is 0 Å². The van der Waals surface area contributed by atoms with Gasteiger partial charge in [0.25, 0.3) is 0 Å². The van der Waals surface area contributed by atoms with Crippen LogP contribution in [0.15, 0.2) is 23.0 Å². The highest BCUT2D eigenvalue weighted by Crippen LogP contribution is 2.15. The standard InChI is InChI=1S/C17H24N6O2/c1-12(2)16-21-15(25-22-16)7-6-14(24)20-13-5-3-10-23(11-13)17-18-8-4-9-19-17/h4,8-9,12-13H,3,5-7,10-11H2,1-2H3,(H,20,24). The lowest BCUT2D eigenvalue weighted by atomic mass is 10.1. The first-order valence-corrected chi connectivity index (χ1v) is 8.75. The number of anilines is 1. The maximum absolute atomic E-state index is 12.2. The number of nitrogens with one attached hydrogen (secondary N) is 1. The molecule has 0 aliphatic carbocycles. The predicted molar refractivity (Wildman–Crippen MR) is 92.1 cm³/mol. The van der Waals surface area contributed by atoms with Gasteiger partial charge in [0.1, 0.15) is 0 Å². The third kappa shape index (κ3) is 4.74. The zero-order valence-electron chi connectivity index (χ0n) is 14.7. The van der Waals surface area contributed by atoms with Crippen molar-refractivity contribution in [3.63, 3.8) is 0 Å². The topological polar surface area (TPSA) is 97.0 Å². The number of hydrogen-bond donors (Lipinski definition) is 1. The Bertz CT molecular complexity index is 687. The summed E-state index contributed by atoms with van der Waals surface area (Å²) in [5, 5.41) is 7.01. The van der Waals surface area contributed by atoms with Crippen molar-refractivity contribution in [3.05, 3.63) is 30.2 Å². The van der Waals surface area contributed by atoms with E-state index in [1.54, 1.807) is 18.5 Å². The molecule has 1 aliphatic heterocycles. The summed E-state index contributed by atoms with van der Waals surface area (Å²) < 4.78 is 5.18. The first-order chi connectivity index (χ1) is 12.1. The Labute approximate surface area is 147 Å². The summed E-state index contributed by atoms with van der Waals surface area (Å²) in [7, 11) is 0. The highest BCUT2D eigenvalue weighted by molar-refractivity contribution is 5.76. The molecule has 0 saturated carbocycles. The van der Waals surface area contributed by atoms with Crippen LogP contribution in [0.25, 0.3) is 0 Å². The molecule has 1 saturated heterocycles. The lowest BCUT2D eigenvalue weighted by molar-refractivity contribution is -0.121. The van der Waals surface area contributed by atoms with Gasteiger partial charge in [-0.1, -0.05) is 19.0 Å². The lowest BCUT2D eigenvalue weighted by Gasteiger charge is -2.33. The molecule has 0 radical (unpaired) electrons. The number of rotatable bonds is 6.